The number of amides is 2. The van der Waals surface area contributed by atoms with E-state index >= 15 is 0 Å². The standard InChI is InChI=1S/C11H14N2O2S/c12-9-3-4-10(14)13(11(9)15)6-5-8-2-1-7-16-8/h1-2,7,9H,3-6,12H2. The van der Waals surface area contributed by atoms with Crippen molar-refractivity contribution in [2.24, 2.45) is 5.73 Å². The first-order chi connectivity index (χ1) is 7.68. The predicted molar refractivity (Wildman–Crippen MR) is 62.0 cm³/mol. The van der Waals surface area contributed by atoms with Crippen molar-refractivity contribution in [2.75, 3.05) is 6.54 Å². The molecule has 0 aliphatic carbocycles. The first-order valence-corrected chi connectivity index (χ1v) is 6.18. The number of piperidine rings is 1. The van der Waals surface area contributed by atoms with Gasteiger partial charge in [0.1, 0.15) is 0 Å². The van der Waals surface area contributed by atoms with Crippen molar-refractivity contribution in [3.63, 3.8) is 0 Å². The number of imide groups is 1. The van der Waals surface area contributed by atoms with Gasteiger partial charge in [0.05, 0.1) is 6.04 Å². The molecule has 1 aromatic rings. The predicted octanol–water partition coefficient (Wildman–Crippen LogP) is 0.767. The molecule has 1 atom stereocenters. The van der Waals surface area contributed by atoms with Crippen LogP contribution in [0.5, 0.6) is 0 Å². The van der Waals surface area contributed by atoms with Gasteiger partial charge in [0.2, 0.25) is 11.8 Å². The molecule has 5 heteroatoms. The monoisotopic (exact) mass is 238 g/mol. The molecule has 0 aromatic carbocycles. The van der Waals surface area contributed by atoms with Gasteiger partial charge in [0.25, 0.3) is 0 Å². The molecule has 1 aliphatic rings. The zero-order chi connectivity index (χ0) is 11.5. The van der Waals surface area contributed by atoms with Crippen LogP contribution in [0.25, 0.3) is 0 Å². The molecule has 16 heavy (non-hydrogen) atoms. The summed E-state index contributed by atoms with van der Waals surface area (Å²) in [6.45, 7) is 0.450. The highest BCUT2D eigenvalue weighted by Gasteiger charge is 2.31. The van der Waals surface area contributed by atoms with Gasteiger partial charge in [-0.15, -0.1) is 11.3 Å². The van der Waals surface area contributed by atoms with E-state index < -0.39 is 6.04 Å². The maximum Gasteiger partial charge on any atom is 0.246 e. The summed E-state index contributed by atoms with van der Waals surface area (Å²) >= 11 is 1.63. The van der Waals surface area contributed by atoms with Gasteiger partial charge >= 0.3 is 0 Å². The Hall–Kier alpha value is -1.20. The average molecular weight is 238 g/mol. The van der Waals surface area contributed by atoms with E-state index in [2.05, 4.69) is 0 Å². The normalized spacial score (nSPS) is 21.6. The minimum absolute atomic E-state index is 0.0942. The number of thiophene rings is 1. The lowest BCUT2D eigenvalue weighted by Crippen LogP contribution is -2.51. The van der Waals surface area contributed by atoms with Crippen molar-refractivity contribution in [3.05, 3.63) is 22.4 Å². The lowest BCUT2D eigenvalue weighted by atomic mass is 10.0. The highest BCUT2D eigenvalue weighted by Crippen LogP contribution is 2.14. The second kappa shape index (κ2) is 4.76. The molecule has 1 unspecified atom stereocenters. The molecule has 86 valence electrons. The molecule has 4 nitrogen and oxygen atoms in total. The van der Waals surface area contributed by atoms with Gasteiger partial charge in [-0.25, -0.2) is 0 Å². The molecule has 1 aromatic heterocycles. The van der Waals surface area contributed by atoms with Gasteiger partial charge in [0, 0.05) is 17.8 Å². The summed E-state index contributed by atoms with van der Waals surface area (Å²) in [5.41, 5.74) is 5.64. The Morgan fingerprint density at radius 2 is 2.31 bits per heavy atom. The molecule has 2 rings (SSSR count). The first kappa shape index (κ1) is 11.3. The lowest BCUT2D eigenvalue weighted by Gasteiger charge is -2.28. The second-order valence-corrected chi connectivity index (χ2v) is 4.89. The third kappa shape index (κ3) is 2.31. The van der Waals surface area contributed by atoms with Crippen molar-refractivity contribution >= 4 is 23.2 Å². The van der Waals surface area contributed by atoms with E-state index in [0.717, 1.165) is 6.42 Å². The van der Waals surface area contributed by atoms with E-state index in [-0.39, 0.29) is 11.8 Å². The fraction of sp³-hybridized carbons (Fsp3) is 0.455. The fourth-order valence-corrected chi connectivity index (χ4v) is 2.47. The largest absolute Gasteiger partial charge is 0.320 e. The Bertz CT molecular complexity index is 389. The van der Waals surface area contributed by atoms with E-state index in [1.807, 2.05) is 17.5 Å². The smallest absolute Gasteiger partial charge is 0.246 e. The molecule has 1 fully saturated rings. The SMILES string of the molecule is NC1CCC(=O)N(CCc2cccs2)C1=O. The van der Waals surface area contributed by atoms with Crippen molar-refractivity contribution in [2.45, 2.75) is 25.3 Å². The quantitative estimate of drug-likeness (QED) is 0.791. The third-order valence-corrected chi connectivity index (χ3v) is 3.65. The van der Waals surface area contributed by atoms with Crippen LogP contribution in [-0.2, 0) is 16.0 Å². The van der Waals surface area contributed by atoms with Crippen molar-refractivity contribution in [1.82, 2.24) is 4.90 Å². The van der Waals surface area contributed by atoms with Crippen LogP contribution in [0.4, 0.5) is 0 Å². The Balaban J connectivity index is 1.97. The maximum atomic E-state index is 11.7. The second-order valence-electron chi connectivity index (χ2n) is 3.86. The minimum atomic E-state index is -0.499. The number of nitrogens with two attached hydrogens (primary N) is 1. The minimum Gasteiger partial charge on any atom is -0.320 e. The van der Waals surface area contributed by atoms with E-state index in [1.54, 1.807) is 11.3 Å². The Morgan fingerprint density at radius 3 is 3.00 bits per heavy atom. The summed E-state index contributed by atoms with van der Waals surface area (Å²) in [5.74, 6) is -0.323. The number of nitrogens with zero attached hydrogens (tertiary/aromatic N) is 1. The van der Waals surface area contributed by atoms with Crippen LogP contribution in [0.3, 0.4) is 0 Å². The summed E-state index contributed by atoms with van der Waals surface area (Å²) in [6, 6.07) is 3.47. The van der Waals surface area contributed by atoms with Crippen LogP contribution in [0, 0.1) is 0 Å². The van der Waals surface area contributed by atoms with Crippen LogP contribution in [0.1, 0.15) is 17.7 Å². The molecule has 0 radical (unpaired) electrons. The number of rotatable bonds is 3. The van der Waals surface area contributed by atoms with Gasteiger partial charge in [-0.2, -0.15) is 0 Å². The van der Waals surface area contributed by atoms with E-state index in [9.17, 15) is 9.59 Å². The molecule has 2 N–H and O–H groups in total. The Morgan fingerprint density at radius 1 is 1.50 bits per heavy atom. The van der Waals surface area contributed by atoms with Crippen LogP contribution in [0.2, 0.25) is 0 Å². The summed E-state index contributed by atoms with van der Waals surface area (Å²) in [7, 11) is 0. The third-order valence-electron chi connectivity index (χ3n) is 2.72. The zero-order valence-electron chi connectivity index (χ0n) is 8.89. The summed E-state index contributed by atoms with van der Waals surface area (Å²) in [5, 5.41) is 1.99. The maximum absolute atomic E-state index is 11.7. The van der Waals surface area contributed by atoms with Crippen LogP contribution in [0.15, 0.2) is 17.5 Å². The van der Waals surface area contributed by atoms with Crippen LogP contribution < -0.4 is 5.73 Å². The van der Waals surface area contributed by atoms with Gasteiger partial charge in [0.15, 0.2) is 0 Å². The summed E-state index contributed by atoms with van der Waals surface area (Å²) in [4.78, 5) is 25.7. The summed E-state index contributed by atoms with van der Waals surface area (Å²) in [6.07, 6.45) is 1.59. The van der Waals surface area contributed by atoms with Gasteiger partial charge in [-0.3, -0.25) is 14.5 Å². The summed E-state index contributed by atoms with van der Waals surface area (Å²) < 4.78 is 0. The van der Waals surface area contributed by atoms with E-state index in [4.69, 9.17) is 5.73 Å². The van der Waals surface area contributed by atoms with Crippen molar-refractivity contribution in [3.8, 4) is 0 Å². The van der Waals surface area contributed by atoms with Gasteiger partial charge < -0.3 is 5.73 Å². The average Bonchev–Trinajstić information content (AvgIpc) is 2.77. The molecular weight excluding hydrogens is 224 g/mol. The van der Waals surface area contributed by atoms with Gasteiger partial charge in [-0.1, -0.05) is 6.07 Å². The molecule has 0 spiro atoms. The molecule has 2 heterocycles. The molecule has 0 bridgehead atoms. The molecular formula is C11H14N2O2S. The molecule has 0 saturated carbocycles. The molecule has 1 saturated heterocycles. The Labute approximate surface area is 98.0 Å². The zero-order valence-corrected chi connectivity index (χ0v) is 9.70. The highest BCUT2D eigenvalue weighted by molar-refractivity contribution is 7.09. The Kier molecular flexibility index (Phi) is 3.36. The van der Waals surface area contributed by atoms with Gasteiger partial charge in [-0.05, 0) is 24.3 Å². The first-order valence-electron chi connectivity index (χ1n) is 5.30. The van der Waals surface area contributed by atoms with E-state index in [0.29, 0.717) is 19.4 Å². The molecule has 1 aliphatic heterocycles. The number of hydrogen-bond donors (Lipinski definition) is 1. The number of hydrogen-bond acceptors (Lipinski definition) is 4. The lowest BCUT2D eigenvalue weighted by molar-refractivity contribution is -0.149. The van der Waals surface area contributed by atoms with Crippen LogP contribution >= 0.6 is 11.3 Å². The van der Waals surface area contributed by atoms with Crippen molar-refractivity contribution in [1.29, 1.82) is 0 Å². The fourth-order valence-electron chi connectivity index (χ4n) is 1.77. The van der Waals surface area contributed by atoms with E-state index in [1.165, 1.54) is 9.78 Å². The number of carbonyl (C=O) groups excluding carboxylic acids is 2. The number of carbonyl (C=O) groups is 2. The van der Waals surface area contributed by atoms with Crippen molar-refractivity contribution < 1.29 is 9.59 Å². The molecule has 2 amide bonds. The van der Waals surface area contributed by atoms with Crippen LogP contribution in [-0.4, -0.2) is 29.3 Å². The number of likely N-dealkylation sites (tertiary alicyclic amines) is 1. The highest BCUT2D eigenvalue weighted by atomic mass is 32.1. The topological polar surface area (TPSA) is 63.4 Å².